The maximum absolute atomic E-state index is 5.26. The second kappa shape index (κ2) is 3.20. The van der Waals surface area contributed by atoms with Gasteiger partial charge in [-0.3, -0.25) is 0 Å². The van der Waals surface area contributed by atoms with Crippen LogP contribution in [0.3, 0.4) is 0 Å². The molecule has 1 aromatic carbocycles. The standard InChI is InChI=1S/C12H11N3O/c1-15-7-13-10-11(15)8-5-3-4-6-9(8)14-12(10)16-2/h3-7H,1-2H3. The Hall–Kier alpha value is -2.10. The average Bonchev–Trinajstić information content (AvgIpc) is 2.71. The average molecular weight is 213 g/mol. The first-order chi connectivity index (χ1) is 7.81. The highest BCUT2D eigenvalue weighted by Crippen LogP contribution is 2.28. The van der Waals surface area contributed by atoms with Crippen molar-refractivity contribution in [2.45, 2.75) is 0 Å². The van der Waals surface area contributed by atoms with Crippen molar-refractivity contribution in [1.82, 2.24) is 14.5 Å². The van der Waals surface area contributed by atoms with Crippen LogP contribution in [-0.2, 0) is 7.05 Å². The molecular formula is C12H11N3O. The van der Waals surface area contributed by atoms with Gasteiger partial charge >= 0.3 is 0 Å². The number of para-hydroxylation sites is 1. The summed E-state index contributed by atoms with van der Waals surface area (Å²) >= 11 is 0. The van der Waals surface area contributed by atoms with Gasteiger partial charge in [0.05, 0.1) is 24.5 Å². The first kappa shape index (κ1) is 9.15. The van der Waals surface area contributed by atoms with Crippen molar-refractivity contribution in [3.63, 3.8) is 0 Å². The number of imidazole rings is 1. The Morgan fingerprint density at radius 2 is 2.06 bits per heavy atom. The van der Waals surface area contributed by atoms with Gasteiger partial charge in [0, 0.05) is 12.4 Å². The smallest absolute Gasteiger partial charge is 0.242 e. The number of ether oxygens (including phenoxy) is 1. The lowest BCUT2D eigenvalue weighted by molar-refractivity contribution is 0.404. The van der Waals surface area contributed by atoms with Gasteiger partial charge in [0.2, 0.25) is 5.88 Å². The minimum atomic E-state index is 0.578. The summed E-state index contributed by atoms with van der Waals surface area (Å²) in [7, 11) is 3.59. The molecule has 0 saturated carbocycles. The van der Waals surface area contributed by atoms with E-state index in [-0.39, 0.29) is 0 Å². The Balaban J connectivity index is 2.60. The van der Waals surface area contributed by atoms with Gasteiger partial charge in [-0.1, -0.05) is 18.2 Å². The number of hydrogen-bond acceptors (Lipinski definition) is 3. The highest BCUT2D eigenvalue weighted by atomic mass is 16.5. The van der Waals surface area contributed by atoms with E-state index in [1.807, 2.05) is 35.9 Å². The number of rotatable bonds is 1. The Morgan fingerprint density at radius 3 is 2.88 bits per heavy atom. The lowest BCUT2D eigenvalue weighted by atomic mass is 10.2. The molecule has 0 saturated heterocycles. The lowest BCUT2D eigenvalue weighted by Crippen LogP contribution is -1.92. The van der Waals surface area contributed by atoms with Crippen molar-refractivity contribution in [2.75, 3.05) is 7.11 Å². The number of methoxy groups -OCH3 is 1. The molecule has 0 N–H and O–H groups in total. The maximum atomic E-state index is 5.26. The third-order valence-corrected chi connectivity index (χ3v) is 2.71. The van der Waals surface area contributed by atoms with E-state index in [1.54, 1.807) is 13.4 Å². The first-order valence-corrected chi connectivity index (χ1v) is 5.05. The predicted octanol–water partition coefficient (Wildman–Crippen LogP) is 2.13. The van der Waals surface area contributed by atoms with E-state index in [0.717, 1.165) is 21.9 Å². The number of pyridine rings is 1. The van der Waals surface area contributed by atoms with Crippen LogP contribution in [0.4, 0.5) is 0 Å². The summed E-state index contributed by atoms with van der Waals surface area (Å²) in [5, 5.41) is 1.10. The molecule has 0 fully saturated rings. The van der Waals surface area contributed by atoms with Crippen LogP contribution in [-0.4, -0.2) is 21.6 Å². The zero-order valence-corrected chi connectivity index (χ0v) is 9.14. The molecule has 2 aromatic heterocycles. The van der Waals surface area contributed by atoms with E-state index in [4.69, 9.17) is 4.74 Å². The molecule has 0 amide bonds. The molecule has 0 unspecified atom stereocenters. The van der Waals surface area contributed by atoms with Crippen LogP contribution < -0.4 is 4.74 Å². The van der Waals surface area contributed by atoms with Crippen molar-refractivity contribution in [2.24, 2.45) is 7.05 Å². The van der Waals surface area contributed by atoms with Crippen LogP contribution in [0.1, 0.15) is 0 Å². The highest BCUT2D eigenvalue weighted by Gasteiger charge is 2.12. The number of hydrogen-bond donors (Lipinski definition) is 0. The summed E-state index contributed by atoms with van der Waals surface area (Å²) in [5.74, 6) is 0.578. The molecule has 16 heavy (non-hydrogen) atoms. The van der Waals surface area contributed by atoms with Crippen molar-refractivity contribution >= 4 is 21.9 Å². The molecule has 3 aromatic rings. The fraction of sp³-hybridized carbons (Fsp3) is 0.167. The van der Waals surface area contributed by atoms with Crippen LogP contribution in [0.2, 0.25) is 0 Å². The molecule has 2 heterocycles. The van der Waals surface area contributed by atoms with E-state index in [1.165, 1.54) is 0 Å². The van der Waals surface area contributed by atoms with Crippen molar-refractivity contribution < 1.29 is 4.74 Å². The van der Waals surface area contributed by atoms with Crippen LogP contribution in [0.5, 0.6) is 5.88 Å². The number of aromatic nitrogens is 3. The lowest BCUT2D eigenvalue weighted by Gasteiger charge is -2.05. The molecule has 0 bridgehead atoms. The van der Waals surface area contributed by atoms with Gasteiger partial charge in [-0.15, -0.1) is 0 Å². The maximum Gasteiger partial charge on any atom is 0.242 e. The van der Waals surface area contributed by atoms with Crippen LogP contribution in [0.25, 0.3) is 21.9 Å². The van der Waals surface area contributed by atoms with Crippen molar-refractivity contribution in [1.29, 1.82) is 0 Å². The topological polar surface area (TPSA) is 39.9 Å². The summed E-state index contributed by atoms with van der Waals surface area (Å²) in [6.07, 6.45) is 1.78. The summed E-state index contributed by atoms with van der Waals surface area (Å²) in [5.41, 5.74) is 2.79. The second-order valence-electron chi connectivity index (χ2n) is 3.69. The molecule has 4 heteroatoms. The molecule has 0 spiro atoms. The van der Waals surface area contributed by atoms with Crippen LogP contribution in [0.15, 0.2) is 30.6 Å². The summed E-state index contributed by atoms with van der Waals surface area (Å²) < 4.78 is 7.25. The Kier molecular flexibility index (Phi) is 1.83. The normalized spacial score (nSPS) is 11.1. The molecule has 0 radical (unpaired) electrons. The zero-order valence-electron chi connectivity index (χ0n) is 9.14. The van der Waals surface area contributed by atoms with Gasteiger partial charge in [-0.05, 0) is 6.07 Å². The van der Waals surface area contributed by atoms with E-state index >= 15 is 0 Å². The summed E-state index contributed by atoms with van der Waals surface area (Å²) in [6, 6.07) is 8.00. The molecule has 0 aliphatic rings. The molecule has 0 aliphatic heterocycles. The van der Waals surface area contributed by atoms with E-state index in [2.05, 4.69) is 9.97 Å². The third kappa shape index (κ3) is 1.10. The molecule has 80 valence electrons. The van der Waals surface area contributed by atoms with Crippen LogP contribution in [0, 0.1) is 0 Å². The van der Waals surface area contributed by atoms with Gasteiger partial charge in [0.15, 0.2) is 5.52 Å². The quantitative estimate of drug-likeness (QED) is 0.621. The van der Waals surface area contributed by atoms with Gasteiger partial charge in [0.1, 0.15) is 0 Å². The van der Waals surface area contributed by atoms with E-state index < -0.39 is 0 Å². The highest BCUT2D eigenvalue weighted by molar-refractivity contribution is 6.04. The van der Waals surface area contributed by atoms with E-state index in [0.29, 0.717) is 5.88 Å². The van der Waals surface area contributed by atoms with Crippen LogP contribution >= 0.6 is 0 Å². The summed E-state index contributed by atoms with van der Waals surface area (Å²) in [6.45, 7) is 0. The fourth-order valence-electron chi connectivity index (χ4n) is 1.98. The van der Waals surface area contributed by atoms with Crippen molar-refractivity contribution in [3.8, 4) is 5.88 Å². The number of benzene rings is 1. The number of nitrogens with zero attached hydrogens (tertiary/aromatic N) is 3. The monoisotopic (exact) mass is 213 g/mol. The van der Waals surface area contributed by atoms with E-state index in [9.17, 15) is 0 Å². The molecule has 3 rings (SSSR count). The Bertz CT molecular complexity index is 672. The fourth-order valence-corrected chi connectivity index (χ4v) is 1.98. The number of fused-ring (bicyclic) bond motifs is 3. The third-order valence-electron chi connectivity index (χ3n) is 2.71. The molecule has 4 nitrogen and oxygen atoms in total. The number of aryl methyl sites for hydroxylation is 1. The minimum Gasteiger partial charge on any atom is -0.479 e. The molecule has 0 aliphatic carbocycles. The zero-order chi connectivity index (χ0) is 11.1. The second-order valence-corrected chi connectivity index (χ2v) is 3.69. The largest absolute Gasteiger partial charge is 0.479 e. The van der Waals surface area contributed by atoms with Gasteiger partial charge in [-0.2, -0.15) is 0 Å². The molecular weight excluding hydrogens is 202 g/mol. The Labute approximate surface area is 92.5 Å². The summed E-state index contributed by atoms with van der Waals surface area (Å²) in [4.78, 5) is 8.75. The molecule has 0 atom stereocenters. The van der Waals surface area contributed by atoms with Gasteiger partial charge < -0.3 is 9.30 Å². The van der Waals surface area contributed by atoms with Gasteiger partial charge in [-0.25, -0.2) is 9.97 Å². The minimum absolute atomic E-state index is 0.578. The SMILES string of the molecule is COc1nc2ccccc2c2c1ncn2C. The van der Waals surface area contributed by atoms with Gasteiger partial charge in [0.25, 0.3) is 0 Å². The predicted molar refractivity (Wildman–Crippen MR) is 62.6 cm³/mol. The first-order valence-electron chi connectivity index (χ1n) is 5.05. The Morgan fingerprint density at radius 1 is 1.25 bits per heavy atom. The van der Waals surface area contributed by atoms with Crippen molar-refractivity contribution in [3.05, 3.63) is 30.6 Å².